The van der Waals surface area contributed by atoms with Crippen LogP contribution in [-0.4, -0.2) is 36.4 Å². The van der Waals surface area contributed by atoms with Gasteiger partial charge < -0.3 is 4.74 Å². The molecule has 8 heteroatoms. The third-order valence-corrected chi connectivity index (χ3v) is 7.28. The topological polar surface area (TPSA) is 106 Å². The SMILES string of the molecule is COc1ccc(S(=O)(=O)[C@@](C)(C(=O)NO)C(C)Cc2cccnc2)cc1. The van der Waals surface area contributed by atoms with Gasteiger partial charge in [0.05, 0.1) is 12.0 Å². The number of sulfone groups is 1. The van der Waals surface area contributed by atoms with Crippen LogP contribution in [0.25, 0.3) is 0 Å². The molecule has 0 aliphatic heterocycles. The zero-order chi connectivity index (χ0) is 19.4. The van der Waals surface area contributed by atoms with Gasteiger partial charge in [0, 0.05) is 12.4 Å². The zero-order valence-corrected chi connectivity index (χ0v) is 15.7. The third-order valence-electron chi connectivity index (χ3n) is 4.69. The second-order valence-corrected chi connectivity index (χ2v) is 8.52. The van der Waals surface area contributed by atoms with E-state index in [1.165, 1.54) is 43.8 Å². The fraction of sp³-hybridized carbons (Fsp3) is 0.333. The van der Waals surface area contributed by atoms with E-state index in [1.807, 2.05) is 0 Å². The van der Waals surface area contributed by atoms with Crippen molar-refractivity contribution < 1.29 is 23.2 Å². The summed E-state index contributed by atoms with van der Waals surface area (Å²) in [6.45, 7) is 2.97. The van der Waals surface area contributed by atoms with Gasteiger partial charge in [-0.3, -0.25) is 15.0 Å². The Balaban J connectivity index is 2.48. The van der Waals surface area contributed by atoms with E-state index in [0.717, 1.165) is 5.56 Å². The highest BCUT2D eigenvalue weighted by atomic mass is 32.2. The molecule has 2 aromatic rings. The average Bonchev–Trinajstić information content (AvgIpc) is 2.67. The lowest BCUT2D eigenvalue weighted by molar-refractivity contribution is -0.132. The van der Waals surface area contributed by atoms with Crippen LogP contribution in [0.1, 0.15) is 19.4 Å². The van der Waals surface area contributed by atoms with Crippen molar-refractivity contribution in [3.05, 3.63) is 54.4 Å². The van der Waals surface area contributed by atoms with E-state index >= 15 is 0 Å². The standard InChI is InChI=1S/C18H22N2O5S/c1-13(11-14-5-4-10-19-12-14)18(2,17(21)20-22)26(23,24)16-8-6-15(25-3)7-9-16/h4-10,12-13,22H,11H2,1-3H3,(H,20,21)/t13?,18-/m1/s1. The van der Waals surface area contributed by atoms with Crippen molar-refractivity contribution in [2.24, 2.45) is 5.92 Å². The summed E-state index contributed by atoms with van der Waals surface area (Å²) in [5.41, 5.74) is 2.31. The minimum atomic E-state index is -4.10. The van der Waals surface area contributed by atoms with Gasteiger partial charge in [0.15, 0.2) is 14.6 Å². The summed E-state index contributed by atoms with van der Waals surface area (Å²) in [7, 11) is -2.63. The van der Waals surface area contributed by atoms with Crippen LogP contribution in [0.3, 0.4) is 0 Å². The van der Waals surface area contributed by atoms with Crippen molar-refractivity contribution in [1.29, 1.82) is 0 Å². The van der Waals surface area contributed by atoms with Crippen LogP contribution in [0.2, 0.25) is 0 Å². The predicted octanol–water partition coefficient (Wildman–Crippen LogP) is 2.01. The largest absolute Gasteiger partial charge is 0.497 e. The van der Waals surface area contributed by atoms with Gasteiger partial charge in [0.2, 0.25) is 0 Å². The molecule has 1 aromatic carbocycles. The molecule has 1 unspecified atom stereocenters. The van der Waals surface area contributed by atoms with E-state index in [-0.39, 0.29) is 4.90 Å². The Morgan fingerprint density at radius 3 is 2.46 bits per heavy atom. The van der Waals surface area contributed by atoms with Crippen molar-refractivity contribution in [3.8, 4) is 5.75 Å². The molecule has 0 saturated heterocycles. The molecule has 26 heavy (non-hydrogen) atoms. The number of amides is 1. The number of aromatic nitrogens is 1. The Kier molecular flexibility index (Phi) is 5.99. The van der Waals surface area contributed by atoms with Crippen LogP contribution < -0.4 is 10.2 Å². The number of benzene rings is 1. The van der Waals surface area contributed by atoms with Crippen LogP contribution in [0, 0.1) is 5.92 Å². The van der Waals surface area contributed by atoms with E-state index in [9.17, 15) is 18.4 Å². The van der Waals surface area contributed by atoms with Gasteiger partial charge in [-0.25, -0.2) is 13.9 Å². The van der Waals surface area contributed by atoms with Gasteiger partial charge in [0.1, 0.15) is 5.75 Å². The molecule has 0 aliphatic carbocycles. The first-order valence-electron chi connectivity index (χ1n) is 7.99. The first kappa shape index (κ1) is 19.9. The fourth-order valence-corrected chi connectivity index (χ4v) is 4.68. The first-order chi connectivity index (χ1) is 12.3. The Bertz CT molecular complexity index is 853. The number of pyridine rings is 1. The summed E-state index contributed by atoms with van der Waals surface area (Å²) in [5, 5.41) is 9.18. The highest BCUT2D eigenvalue weighted by molar-refractivity contribution is 7.93. The van der Waals surface area contributed by atoms with Crippen LogP contribution in [-0.2, 0) is 21.1 Å². The van der Waals surface area contributed by atoms with E-state index < -0.39 is 26.4 Å². The number of methoxy groups -OCH3 is 1. The smallest absolute Gasteiger partial charge is 0.265 e. The Labute approximate surface area is 152 Å². The lowest BCUT2D eigenvalue weighted by Gasteiger charge is -2.33. The molecule has 1 heterocycles. The number of hydrogen-bond acceptors (Lipinski definition) is 6. The Morgan fingerprint density at radius 1 is 1.31 bits per heavy atom. The number of rotatable bonds is 7. The van der Waals surface area contributed by atoms with Gasteiger partial charge in [-0.15, -0.1) is 0 Å². The molecule has 140 valence electrons. The molecule has 0 fully saturated rings. The molecule has 1 aromatic heterocycles. The predicted molar refractivity (Wildman–Crippen MR) is 95.6 cm³/mol. The first-order valence-corrected chi connectivity index (χ1v) is 9.47. The van der Waals surface area contributed by atoms with E-state index in [4.69, 9.17) is 4.74 Å². The zero-order valence-electron chi connectivity index (χ0n) is 14.8. The van der Waals surface area contributed by atoms with E-state index in [1.54, 1.807) is 31.5 Å². The molecular formula is C18H22N2O5S. The minimum Gasteiger partial charge on any atom is -0.497 e. The molecule has 0 bridgehead atoms. The average molecular weight is 378 g/mol. The van der Waals surface area contributed by atoms with Gasteiger partial charge in [-0.2, -0.15) is 0 Å². The number of carbonyl (C=O) groups is 1. The lowest BCUT2D eigenvalue weighted by atomic mass is 9.88. The molecule has 0 aliphatic rings. The van der Waals surface area contributed by atoms with Crippen LogP contribution in [0.5, 0.6) is 5.75 Å². The molecular weight excluding hydrogens is 356 g/mol. The number of nitrogens with zero attached hydrogens (tertiary/aromatic N) is 1. The van der Waals surface area contributed by atoms with Gasteiger partial charge in [-0.1, -0.05) is 13.0 Å². The van der Waals surface area contributed by atoms with Crippen LogP contribution in [0.4, 0.5) is 0 Å². The normalized spacial score (nSPS) is 14.9. The van der Waals surface area contributed by atoms with Gasteiger partial charge >= 0.3 is 0 Å². The lowest BCUT2D eigenvalue weighted by Crippen LogP contribution is -2.54. The molecule has 2 atom stereocenters. The second-order valence-electron chi connectivity index (χ2n) is 6.19. The molecule has 7 nitrogen and oxygen atoms in total. The number of hydroxylamine groups is 1. The minimum absolute atomic E-state index is 0.0255. The number of ether oxygens (including phenoxy) is 1. The monoisotopic (exact) mass is 378 g/mol. The Morgan fingerprint density at radius 2 is 1.96 bits per heavy atom. The second kappa shape index (κ2) is 7.84. The highest BCUT2D eigenvalue weighted by Crippen LogP contribution is 2.35. The maximum atomic E-state index is 13.3. The van der Waals surface area contributed by atoms with Crippen molar-refractivity contribution in [2.75, 3.05) is 7.11 Å². The van der Waals surface area contributed by atoms with Gasteiger partial charge in [0.25, 0.3) is 5.91 Å². The van der Waals surface area contributed by atoms with Gasteiger partial charge in [-0.05, 0) is 55.2 Å². The van der Waals surface area contributed by atoms with Crippen LogP contribution >= 0.6 is 0 Å². The van der Waals surface area contributed by atoms with Crippen LogP contribution in [0.15, 0.2) is 53.7 Å². The van der Waals surface area contributed by atoms with E-state index in [0.29, 0.717) is 12.2 Å². The summed E-state index contributed by atoms with van der Waals surface area (Å²) >= 11 is 0. The summed E-state index contributed by atoms with van der Waals surface area (Å²) < 4.78 is 29.7. The number of carbonyl (C=O) groups excluding carboxylic acids is 1. The van der Waals surface area contributed by atoms with Crippen molar-refractivity contribution in [1.82, 2.24) is 10.5 Å². The fourth-order valence-electron chi connectivity index (χ4n) is 2.79. The molecule has 0 spiro atoms. The summed E-state index contributed by atoms with van der Waals surface area (Å²) in [6, 6.07) is 9.33. The third kappa shape index (κ3) is 3.56. The maximum Gasteiger partial charge on any atom is 0.265 e. The number of hydrogen-bond donors (Lipinski definition) is 2. The molecule has 2 N–H and O–H groups in total. The molecule has 0 saturated carbocycles. The number of nitrogens with one attached hydrogen (secondary N) is 1. The maximum absolute atomic E-state index is 13.3. The van der Waals surface area contributed by atoms with E-state index in [2.05, 4.69) is 4.98 Å². The molecule has 1 amide bonds. The summed E-state index contributed by atoms with van der Waals surface area (Å²) in [6.07, 6.45) is 3.53. The summed E-state index contributed by atoms with van der Waals surface area (Å²) in [4.78, 5) is 16.4. The molecule has 0 radical (unpaired) electrons. The quantitative estimate of drug-likeness (QED) is 0.564. The highest BCUT2D eigenvalue weighted by Gasteiger charge is 2.51. The Hall–Kier alpha value is -2.45. The van der Waals surface area contributed by atoms with Crippen molar-refractivity contribution in [2.45, 2.75) is 29.9 Å². The van der Waals surface area contributed by atoms with Crippen molar-refractivity contribution >= 4 is 15.7 Å². The van der Waals surface area contributed by atoms with Crippen molar-refractivity contribution in [3.63, 3.8) is 0 Å². The molecule has 2 rings (SSSR count). The summed E-state index contributed by atoms with van der Waals surface area (Å²) in [5.74, 6) is -1.11.